The number of thiazole rings is 1. The van der Waals surface area contributed by atoms with Crippen molar-refractivity contribution < 1.29 is 4.39 Å². The van der Waals surface area contributed by atoms with Crippen LogP contribution in [0, 0.1) is 24.1 Å². The molecule has 2 aromatic rings. The molecule has 7 heteroatoms. The molecular formula is C16H18FN5S. The summed E-state index contributed by atoms with van der Waals surface area (Å²) in [5.74, 6) is 0.294. The molecule has 0 saturated heterocycles. The van der Waals surface area contributed by atoms with Crippen LogP contribution >= 0.6 is 11.3 Å². The maximum Gasteiger partial charge on any atom is 0.194 e. The molecule has 0 atom stereocenters. The number of hydrogen-bond donors (Lipinski definition) is 1. The fourth-order valence-corrected chi connectivity index (χ4v) is 2.74. The molecule has 1 aromatic heterocycles. The second-order valence-corrected chi connectivity index (χ2v) is 6.09. The molecule has 0 bridgehead atoms. The molecule has 5 nitrogen and oxygen atoms in total. The zero-order valence-corrected chi connectivity index (χ0v) is 14.1. The Balaban J connectivity index is 2.01. The average molecular weight is 331 g/mol. The number of nitrogens with one attached hydrogen (secondary N) is 1. The first-order valence-corrected chi connectivity index (χ1v) is 7.92. The van der Waals surface area contributed by atoms with Gasteiger partial charge in [-0.3, -0.25) is 4.99 Å². The Morgan fingerprint density at radius 3 is 2.91 bits per heavy atom. The molecule has 0 fully saturated rings. The highest BCUT2D eigenvalue weighted by Crippen LogP contribution is 2.11. The van der Waals surface area contributed by atoms with Gasteiger partial charge in [0.1, 0.15) is 5.82 Å². The van der Waals surface area contributed by atoms with Crippen molar-refractivity contribution in [3.63, 3.8) is 0 Å². The van der Waals surface area contributed by atoms with E-state index in [2.05, 4.69) is 15.3 Å². The number of guanidine groups is 1. The highest BCUT2D eigenvalue weighted by Gasteiger charge is 2.10. The standard InChI is InChI=1S/C16H18FN5S/c1-11-21-14(10-23-11)9-22(3)16(19-2)20-8-13-6-12(7-18)4-5-15(13)17/h4-6,10H,8-9H2,1-3H3,(H,19,20). The minimum atomic E-state index is -0.343. The Kier molecular flexibility index (Phi) is 5.66. The minimum absolute atomic E-state index is 0.258. The average Bonchev–Trinajstić information content (AvgIpc) is 2.94. The van der Waals surface area contributed by atoms with Crippen LogP contribution in [0.5, 0.6) is 0 Å². The van der Waals surface area contributed by atoms with Crippen LogP contribution in [0.3, 0.4) is 0 Å². The van der Waals surface area contributed by atoms with E-state index in [0.29, 0.717) is 23.6 Å². The third kappa shape index (κ3) is 4.50. The van der Waals surface area contributed by atoms with E-state index in [0.717, 1.165) is 10.7 Å². The largest absolute Gasteiger partial charge is 0.352 e. The summed E-state index contributed by atoms with van der Waals surface area (Å²) in [7, 11) is 3.57. The normalized spacial score (nSPS) is 11.2. The fraction of sp³-hybridized carbons (Fsp3) is 0.312. The van der Waals surface area contributed by atoms with Gasteiger partial charge in [-0.25, -0.2) is 9.37 Å². The van der Waals surface area contributed by atoms with Crippen LogP contribution < -0.4 is 5.32 Å². The lowest BCUT2D eigenvalue weighted by Gasteiger charge is -2.21. The highest BCUT2D eigenvalue weighted by atomic mass is 32.1. The molecule has 0 spiro atoms. The smallest absolute Gasteiger partial charge is 0.194 e. The molecule has 120 valence electrons. The number of nitrogens with zero attached hydrogens (tertiary/aromatic N) is 4. The Morgan fingerprint density at radius 1 is 1.52 bits per heavy atom. The zero-order valence-electron chi connectivity index (χ0n) is 13.3. The van der Waals surface area contributed by atoms with Crippen LogP contribution in [0.4, 0.5) is 4.39 Å². The van der Waals surface area contributed by atoms with Crippen molar-refractivity contribution in [1.82, 2.24) is 15.2 Å². The van der Waals surface area contributed by atoms with Gasteiger partial charge in [0.2, 0.25) is 0 Å². The predicted molar refractivity (Wildman–Crippen MR) is 89.6 cm³/mol. The van der Waals surface area contributed by atoms with Gasteiger partial charge in [-0.05, 0) is 25.1 Å². The molecule has 0 aliphatic rings. The van der Waals surface area contributed by atoms with Gasteiger partial charge in [-0.15, -0.1) is 11.3 Å². The Hall–Kier alpha value is -2.46. The van der Waals surface area contributed by atoms with Crippen LogP contribution in [0.1, 0.15) is 21.8 Å². The molecule has 1 aromatic carbocycles. The van der Waals surface area contributed by atoms with E-state index >= 15 is 0 Å². The summed E-state index contributed by atoms with van der Waals surface area (Å²) >= 11 is 1.60. The maximum atomic E-state index is 13.8. The van der Waals surface area contributed by atoms with Crippen molar-refractivity contribution in [2.75, 3.05) is 14.1 Å². The highest BCUT2D eigenvalue weighted by molar-refractivity contribution is 7.09. The first-order chi connectivity index (χ1) is 11.0. The summed E-state index contributed by atoms with van der Waals surface area (Å²) in [6, 6.07) is 6.32. The fourth-order valence-electron chi connectivity index (χ4n) is 2.14. The molecule has 0 unspecified atom stereocenters. The van der Waals surface area contributed by atoms with Crippen LogP contribution in [0.25, 0.3) is 0 Å². The van der Waals surface area contributed by atoms with Gasteiger partial charge in [0.05, 0.1) is 28.9 Å². The number of halogens is 1. The van der Waals surface area contributed by atoms with Crippen LogP contribution in [0.2, 0.25) is 0 Å². The van der Waals surface area contributed by atoms with Gasteiger partial charge in [0.15, 0.2) is 5.96 Å². The van der Waals surface area contributed by atoms with Gasteiger partial charge in [0.25, 0.3) is 0 Å². The summed E-state index contributed by atoms with van der Waals surface area (Å²) < 4.78 is 13.8. The van der Waals surface area contributed by atoms with Gasteiger partial charge >= 0.3 is 0 Å². The number of benzene rings is 1. The van der Waals surface area contributed by atoms with E-state index < -0.39 is 0 Å². The molecule has 0 saturated carbocycles. The van der Waals surface area contributed by atoms with Crippen LogP contribution in [-0.2, 0) is 13.1 Å². The number of aryl methyl sites for hydroxylation is 1. The maximum absolute atomic E-state index is 13.8. The van der Waals surface area contributed by atoms with Gasteiger partial charge < -0.3 is 10.2 Å². The van der Waals surface area contributed by atoms with Crippen molar-refractivity contribution in [3.8, 4) is 6.07 Å². The van der Waals surface area contributed by atoms with Crippen LogP contribution in [-0.4, -0.2) is 29.9 Å². The van der Waals surface area contributed by atoms with Crippen molar-refractivity contribution >= 4 is 17.3 Å². The number of nitriles is 1. The molecule has 23 heavy (non-hydrogen) atoms. The lowest BCUT2D eigenvalue weighted by atomic mass is 10.1. The molecule has 0 aliphatic heterocycles. The monoisotopic (exact) mass is 331 g/mol. The molecular weight excluding hydrogens is 313 g/mol. The lowest BCUT2D eigenvalue weighted by molar-refractivity contribution is 0.469. The quantitative estimate of drug-likeness (QED) is 0.691. The summed E-state index contributed by atoms with van der Waals surface area (Å²) in [5.41, 5.74) is 1.84. The van der Waals surface area contributed by atoms with Crippen LogP contribution in [0.15, 0.2) is 28.6 Å². The van der Waals surface area contributed by atoms with Gasteiger partial charge in [-0.2, -0.15) is 5.26 Å². The van der Waals surface area contributed by atoms with Gasteiger partial charge in [0, 0.05) is 31.6 Å². The SMILES string of the molecule is CN=C(NCc1cc(C#N)ccc1F)N(C)Cc1csc(C)n1. The number of rotatable bonds is 4. The van der Waals surface area contributed by atoms with E-state index in [1.54, 1.807) is 24.5 Å². The van der Waals surface area contributed by atoms with Crippen molar-refractivity contribution in [3.05, 3.63) is 51.2 Å². The van der Waals surface area contributed by atoms with Gasteiger partial charge in [-0.1, -0.05) is 0 Å². The third-order valence-electron chi connectivity index (χ3n) is 3.25. The summed E-state index contributed by atoms with van der Waals surface area (Å²) in [6.45, 7) is 2.84. The van der Waals surface area contributed by atoms with Crippen molar-refractivity contribution in [1.29, 1.82) is 5.26 Å². The molecule has 2 rings (SSSR count). The Bertz CT molecular complexity index is 747. The second kappa shape index (κ2) is 7.70. The summed E-state index contributed by atoms with van der Waals surface area (Å²) in [5, 5.41) is 15.0. The predicted octanol–water partition coefficient (Wildman–Crippen LogP) is 2.67. The number of aliphatic imine (C=N–C) groups is 1. The zero-order chi connectivity index (χ0) is 16.8. The van der Waals surface area contributed by atoms with E-state index in [-0.39, 0.29) is 12.4 Å². The number of aromatic nitrogens is 1. The van der Waals surface area contributed by atoms with E-state index in [9.17, 15) is 4.39 Å². The van der Waals surface area contributed by atoms with E-state index in [1.807, 2.05) is 30.3 Å². The molecule has 1 heterocycles. The molecule has 0 amide bonds. The van der Waals surface area contributed by atoms with E-state index in [1.165, 1.54) is 12.1 Å². The second-order valence-electron chi connectivity index (χ2n) is 5.03. The van der Waals surface area contributed by atoms with Crippen molar-refractivity contribution in [2.45, 2.75) is 20.0 Å². The van der Waals surface area contributed by atoms with Crippen molar-refractivity contribution in [2.24, 2.45) is 4.99 Å². The molecule has 0 radical (unpaired) electrons. The van der Waals surface area contributed by atoms with E-state index in [4.69, 9.17) is 5.26 Å². The summed E-state index contributed by atoms with van der Waals surface area (Å²) in [6.07, 6.45) is 0. The number of hydrogen-bond acceptors (Lipinski definition) is 4. The molecule has 0 aliphatic carbocycles. The Morgan fingerprint density at radius 2 is 2.30 bits per heavy atom. The minimum Gasteiger partial charge on any atom is -0.352 e. The first kappa shape index (κ1) is 16.9. The lowest BCUT2D eigenvalue weighted by Crippen LogP contribution is -2.38. The third-order valence-corrected chi connectivity index (χ3v) is 4.07. The summed E-state index contributed by atoms with van der Waals surface area (Å²) in [4.78, 5) is 10.5. The molecule has 1 N–H and O–H groups in total. The topological polar surface area (TPSA) is 64.3 Å². The first-order valence-electron chi connectivity index (χ1n) is 7.04. The Labute approximate surface area is 139 Å².